The van der Waals surface area contributed by atoms with Crippen molar-refractivity contribution in [2.45, 2.75) is 19.9 Å². The molecular weight excluding hydrogens is 570 g/mol. The molecule has 44 heavy (non-hydrogen) atoms. The number of nitrogens with zero attached hydrogens (tertiary/aromatic N) is 4. The first-order valence-electron chi connectivity index (χ1n) is 13.5. The molecule has 0 aliphatic heterocycles. The predicted octanol–water partition coefficient (Wildman–Crippen LogP) is 4.96. The lowest BCUT2D eigenvalue weighted by atomic mass is 10.0. The minimum Gasteiger partial charge on any atom is -0.478 e. The number of aromatic carboxylic acids is 1. The Hall–Kier alpha value is -5.78. The van der Waals surface area contributed by atoms with Crippen molar-refractivity contribution in [1.82, 2.24) is 24.8 Å². The van der Waals surface area contributed by atoms with Crippen LogP contribution in [0.2, 0.25) is 0 Å². The van der Waals surface area contributed by atoms with Crippen molar-refractivity contribution in [3.8, 4) is 0 Å². The van der Waals surface area contributed by atoms with E-state index in [9.17, 15) is 28.3 Å². The highest BCUT2D eigenvalue weighted by Gasteiger charge is 2.13. The lowest BCUT2D eigenvalue weighted by Gasteiger charge is -2.09. The molecule has 0 bridgehead atoms. The van der Waals surface area contributed by atoms with E-state index < -0.39 is 29.1 Å². The molecule has 2 aromatic heterocycles. The molecule has 3 N–H and O–H groups in total. The van der Waals surface area contributed by atoms with Crippen LogP contribution in [0, 0.1) is 11.6 Å². The van der Waals surface area contributed by atoms with Gasteiger partial charge in [-0.3, -0.25) is 14.2 Å². The third-order valence-corrected chi connectivity index (χ3v) is 6.75. The lowest BCUT2D eigenvalue weighted by Crippen LogP contribution is -2.33. The molecule has 0 radical (unpaired) electrons. The van der Waals surface area contributed by atoms with E-state index in [1.165, 1.54) is 12.4 Å². The van der Waals surface area contributed by atoms with E-state index in [1.54, 1.807) is 36.5 Å². The van der Waals surface area contributed by atoms with E-state index in [4.69, 9.17) is 0 Å². The van der Waals surface area contributed by atoms with Gasteiger partial charge in [0.25, 0.3) is 11.5 Å². The topological polar surface area (TPSA) is 139 Å². The van der Waals surface area contributed by atoms with Gasteiger partial charge in [-0.15, -0.1) is 0 Å². The van der Waals surface area contributed by atoms with Gasteiger partial charge in [-0.2, -0.15) is 0 Å². The van der Waals surface area contributed by atoms with Gasteiger partial charge < -0.3 is 15.7 Å². The van der Waals surface area contributed by atoms with Gasteiger partial charge >= 0.3 is 5.97 Å². The highest BCUT2D eigenvalue weighted by molar-refractivity contribution is 5.93. The van der Waals surface area contributed by atoms with Gasteiger partial charge in [0.15, 0.2) is 11.6 Å². The molecule has 5 rings (SSSR count). The second kappa shape index (κ2) is 13.0. The highest BCUT2D eigenvalue weighted by atomic mass is 19.2. The van der Waals surface area contributed by atoms with Crippen molar-refractivity contribution in [2.24, 2.45) is 0 Å². The van der Waals surface area contributed by atoms with Crippen LogP contribution in [0.5, 0.6) is 0 Å². The Morgan fingerprint density at radius 3 is 2.61 bits per heavy atom. The normalized spacial score (nSPS) is 11.2. The molecule has 0 aliphatic carbocycles. The predicted molar refractivity (Wildman–Crippen MR) is 161 cm³/mol. The molecule has 1 amide bonds. The van der Waals surface area contributed by atoms with Crippen molar-refractivity contribution >= 4 is 40.5 Å². The standard InChI is InChI=1S/C32H26F2N6O4/c1-2-21-14-23(7-8-24(21)31(43)44)38-32-37-15-22-12-19(6-10-28(22)39-32)4-3-11-36-29(41)25-16-35-18-40(30(25)42)17-20-5-9-26(33)27(34)13-20/h3-10,12-16,18H,2,11,17H2,1H3,(H,36,41)(H,43,44)(H,37,38,39). The number of carboxylic acid groups (broad SMARTS) is 1. The summed E-state index contributed by atoms with van der Waals surface area (Å²) in [6, 6.07) is 13.9. The van der Waals surface area contributed by atoms with Gasteiger partial charge in [-0.25, -0.2) is 28.5 Å². The van der Waals surface area contributed by atoms with Crippen LogP contribution in [0.15, 0.2) is 84.2 Å². The molecule has 12 heteroatoms. The third-order valence-electron chi connectivity index (χ3n) is 6.75. The molecule has 2 heterocycles. The van der Waals surface area contributed by atoms with Crippen molar-refractivity contribution in [3.05, 3.63) is 129 Å². The second-order valence-electron chi connectivity index (χ2n) is 9.77. The second-order valence-corrected chi connectivity index (χ2v) is 9.77. The number of hydrogen-bond acceptors (Lipinski definition) is 7. The Bertz CT molecular complexity index is 1980. The number of carboxylic acids is 1. The first-order chi connectivity index (χ1) is 21.2. The average Bonchev–Trinajstić information content (AvgIpc) is 3.01. The minimum absolute atomic E-state index is 0.0764. The van der Waals surface area contributed by atoms with Crippen LogP contribution >= 0.6 is 0 Å². The molecule has 0 unspecified atom stereocenters. The zero-order chi connectivity index (χ0) is 31.2. The number of aromatic nitrogens is 4. The van der Waals surface area contributed by atoms with E-state index in [0.717, 1.165) is 33.8 Å². The Kier molecular flexibility index (Phi) is 8.80. The van der Waals surface area contributed by atoms with Crippen LogP contribution in [0.1, 0.15) is 44.3 Å². The fourth-order valence-corrected chi connectivity index (χ4v) is 4.51. The number of hydrogen-bond donors (Lipinski definition) is 3. The molecule has 0 spiro atoms. The summed E-state index contributed by atoms with van der Waals surface area (Å²) in [4.78, 5) is 49.6. The number of carbonyl (C=O) groups is 2. The fraction of sp³-hybridized carbons (Fsp3) is 0.125. The van der Waals surface area contributed by atoms with E-state index in [0.29, 0.717) is 34.7 Å². The molecule has 222 valence electrons. The Labute approximate surface area is 249 Å². The van der Waals surface area contributed by atoms with E-state index in [-0.39, 0.29) is 24.2 Å². The number of aryl methyl sites for hydroxylation is 1. The maximum absolute atomic E-state index is 13.5. The highest BCUT2D eigenvalue weighted by Crippen LogP contribution is 2.21. The summed E-state index contributed by atoms with van der Waals surface area (Å²) in [7, 11) is 0. The Morgan fingerprint density at radius 2 is 1.84 bits per heavy atom. The number of benzene rings is 3. The quantitative estimate of drug-likeness (QED) is 0.206. The molecule has 5 aromatic rings. The summed E-state index contributed by atoms with van der Waals surface area (Å²) < 4.78 is 27.9. The zero-order valence-electron chi connectivity index (χ0n) is 23.4. The first-order valence-corrected chi connectivity index (χ1v) is 13.5. The van der Waals surface area contributed by atoms with Crippen molar-refractivity contribution in [1.29, 1.82) is 0 Å². The van der Waals surface area contributed by atoms with Crippen molar-refractivity contribution in [2.75, 3.05) is 11.9 Å². The molecule has 0 saturated carbocycles. The maximum atomic E-state index is 13.5. The van der Waals surface area contributed by atoms with Gasteiger partial charge in [0.1, 0.15) is 5.56 Å². The number of nitrogens with one attached hydrogen (secondary N) is 2. The van der Waals surface area contributed by atoms with Crippen molar-refractivity contribution in [3.63, 3.8) is 0 Å². The monoisotopic (exact) mass is 596 g/mol. The van der Waals surface area contributed by atoms with Gasteiger partial charge in [-0.05, 0) is 65.6 Å². The van der Waals surface area contributed by atoms with Crippen LogP contribution in [0.25, 0.3) is 17.0 Å². The van der Waals surface area contributed by atoms with E-state index >= 15 is 0 Å². The molecule has 3 aromatic carbocycles. The van der Waals surface area contributed by atoms with E-state index in [1.807, 2.05) is 25.1 Å². The van der Waals surface area contributed by atoms with E-state index in [2.05, 4.69) is 25.6 Å². The van der Waals surface area contributed by atoms with Gasteiger partial charge in [-0.1, -0.05) is 31.2 Å². The van der Waals surface area contributed by atoms with Crippen LogP contribution in [-0.2, 0) is 13.0 Å². The number of fused-ring (bicyclic) bond motifs is 1. The minimum atomic E-state index is -1.03. The summed E-state index contributed by atoms with van der Waals surface area (Å²) in [5.41, 5.74) is 2.73. The Balaban J connectivity index is 1.20. The number of anilines is 2. The first kappa shape index (κ1) is 29.7. The number of amides is 1. The average molecular weight is 597 g/mol. The summed E-state index contributed by atoms with van der Waals surface area (Å²) >= 11 is 0. The molecule has 0 aliphatic rings. The zero-order valence-corrected chi connectivity index (χ0v) is 23.4. The van der Waals surface area contributed by atoms with Gasteiger partial charge in [0.2, 0.25) is 5.95 Å². The fourth-order valence-electron chi connectivity index (χ4n) is 4.51. The number of carbonyl (C=O) groups excluding carboxylic acids is 1. The van der Waals surface area contributed by atoms with Crippen LogP contribution in [0.3, 0.4) is 0 Å². The summed E-state index contributed by atoms with van der Waals surface area (Å²) in [6.45, 7) is 1.95. The van der Waals surface area contributed by atoms with Crippen LogP contribution in [0.4, 0.5) is 20.4 Å². The third kappa shape index (κ3) is 6.81. The number of halogens is 2. The molecular formula is C32H26F2N6O4. The molecule has 10 nitrogen and oxygen atoms in total. The SMILES string of the molecule is CCc1cc(Nc2ncc3cc(C=CCNC(=O)c4cncn(Cc5ccc(F)c(F)c5)c4=O)ccc3n2)ccc1C(=O)O. The number of rotatable bonds is 10. The lowest BCUT2D eigenvalue weighted by molar-refractivity contribution is 0.0695. The van der Waals surface area contributed by atoms with Crippen LogP contribution < -0.4 is 16.2 Å². The largest absolute Gasteiger partial charge is 0.478 e. The van der Waals surface area contributed by atoms with Crippen molar-refractivity contribution < 1.29 is 23.5 Å². The smallest absolute Gasteiger partial charge is 0.335 e. The summed E-state index contributed by atoms with van der Waals surface area (Å²) in [5, 5.41) is 15.9. The summed E-state index contributed by atoms with van der Waals surface area (Å²) in [6.07, 6.45) is 8.14. The maximum Gasteiger partial charge on any atom is 0.335 e. The molecule has 0 atom stereocenters. The Morgan fingerprint density at radius 1 is 1.00 bits per heavy atom. The molecule has 0 fully saturated rings. The van der Waals surface area contributed by atoms with Gasteiger partial charge in [0.05, 0.1) is 24.0 Å². The summed E-state index contributed by atoms with van der Waals surface area (Å²) in [5.74, 6) is -3.25. The molecule has 0 saturated heterocycles. The van der Waals surface area contributed by atoms with Crippen LogP contribution in [-0.4, -0.2) is 43.0 Å². The van der Waals surface area contributed by atoms with Gasteiger partial charge in [0, 0.05) is 30.0 Å².